The van der Waals surface area contributed by atoms with Crippen molar-refractivity contribution in [1.82, 2.24) is 4.90 Å². The third kappa shape index (κ3) is 5.41. The van der Waals surface area contributed by atoms with Crippen LogP contribution in [0.4, 0.5) is 11.4 Å². The molecule has 3 aliphatic rings. The zero-order chi connectivity index (χ0) is 30.9. The molecule has 43 heavy (non-hydrogen) atoms. The number of carbonyl (C=O) groups excluding carboxylic acids is 3. The summed E-state index contributed by atoms with van der Waals surface area (Å²) in [6, 6.07) is 13.4. The minimum absolute atomic E-state index is 0.0215. The molecule has 0 saturated carbocycles. The average molecular weight is 689 g/mol. The number of fused-ring (bicyclic) bond motifs is 1. The van der Waals surface area contributed by atoms with Gasteiger partial charge in [-0.15, -0.1) is 24.9 Å². The summed E-state index contributed by atoms with van der Waals surface area (Å²) < 4.78 is 4.70. The van der Waals surface area contributed by atoms with Gasteiger partial charge in [-0.3, -0.25) is 14.4 Å². The molecule has 3 amide bonds. The summed E-state index contributed by atoms with van der Waals surface area (Å²) in [4.78, 5) is 47.9. The smallest absolute Gasteiger partial charge is 0.251 e. The Morgan fingerprint density at radius 2 is 1.81 bits per heavy atom. The van der Waals surface area contributed by atoms with Crippen molar-refractivity contribution in [3.8, 4) is 5.75 Å². The molecule has 3 saturated heterocycles. The molecule has 6 atom stereocenters. The predicted octanol–water partition coefficient (Wildman–Crippen LogP) is 4.93. The van der Waals surface area contributed by atoms with Crippen molar-refractivity contribution in [2.45, 2.75) is 34.2 Å². The van der Waals surface area contributed by atoms with E-state index >= 15 is 0 Å². The first-order chi connectivity index (χ1) is 20.7. The number of amides is 3. The molecule has 3 heterocycles. The molecule has 0 radical (unpaired) electrons. The van der Waals surface area contributed by atoms with Gasteiger partial charge in [-0.05, 0) is 49.7 Å². The van der Waals surface area contributed by atoms with Gasteiger partial charge in [0.25, 0.3) is 5.91 Å². The maximum absolute atomic E-state index is 14.6. The van der Waals surface area contributed by atoms with Crippen LogP contribution in [-0.2, 0) is 14.4 Å². The van der Waals surface area contributed by atoms with E-state index < -0.39 is 22.6 Å². The number of hydrogen-bond acceptors (Lipinski definition) is 6. The number of rotatable bonds is 12. The average Bonchev–Trinajstić information content (AvgIpc) is 3.59. The Morgan fingerprint density at radius 3 is 2.44 bits per heavy atom. The number of hydrogen-bond donors (Lipinski definition) is 1. The van der Waals surface area contributed by atoms with Crippen LogP contribution in [0, 0.1) is 11.8 Å². The van der Waals surface area contributed by atoms with Gasteiger partial charge in [0.2, 0.25) is 11.8 Å². The number of aliphatic hydroxyl groups is 1. The number of ether oxygens (including phenoxy) is 1. The predicted molar refractivity (Wildman–Crippen MR) is 175 cm³/mol. The van der Waals surface area contributed by atoms with Crippen molar-refractivity contribution >= 4 is 68.4 Å². The van der Waals surface area contributed by atoms with Crippen LogP contribution in [0.5, 0.6) is 5.75 Å². The van der Waals surface area contributed by atoms with E-state index in [-0.39, 0.29) is 54.0 Å². The number of alkyl halides is 1. The molecule has 3 fully saturated rings. The van der Waals surface area contributed by atoms with Crippen molar-refractivity contribution in [3.63, 3.8) is 0 Å². The number of carbonyl (C=O) groups is 3. The third-order valence-electron chi connectivity index (χ3n) is 8.41. The van der Waals surface area contributed by atoms with Crippen molar-refractivity contribution in [2.75, 3.05) is 42.6 Å². The molecule has 3 aliphatic heterocycles. The molecule has 11 heteroatoms. The fourth-order valence-corrected chi connectivity index (χ4v) is 10.7. The SMILES string of the molecule is C=CCN(C(=O)[C@H]1[C@@H]2SC3(CC2Br)C(C(=O)N(CC=C)c2ccccc2Cl)N(CCO)C(=O)[C@H]13)c1ccc(OCC)cc1. The minimum Gasteiger partial charge on any atom is -0.494 e. The van der Waals surface area contributed by atoms with Crippen LogP contribution in [0.15, 0.2) is 73.8 Å². The number of halogens is 2. The number of β-amino-alcohol motifs (C(OH)–C–C–N with tert-alkyl or cyclic N) is 1. The lowest BCUT2D eigenvalue weighted by molar-refractivity contribution is -0.139. The highest BCUT2D eigenvalue weighted by Crippen LogP contribution is 2.68. The second kappa shape index (κ2) is 13.1. The van der Waals surface area contributed by atoms with Crippen molar-refractivity contribution in [3.05, 3.63) is 78.9 Å². The van der Waals surface area contributed by atoms with E-state index in [0.717, 1.165) is 0 Å². The van der Waals surface area contributed by atoms with Crippen LogP contribution in [0.2, 0.25) is 5.02 Å². The Kier molecular flexibility index (Phi) is 9.61. The number of nitrogens with zero attached hydrogens (tertiary/aromatic N) is 3. The van der Waals surface area contributed by atoms with E-state index in [1.807, 2.05) is 31.2 Å². The summed E-state index contributed by atoms with van der Waals surface area (Å²) >= 11 is 11.9. The van der Waals surface area contributed by atoms with Gasteiger partial charge in [-0.1, -0.05) is 51.8 Å². The largest absolute Gasteiger partial charge is 0.494 e. The van der Waals surface area contributed by atoms with Crippen LogP contribution in [0.3, 0.4) is 0 Å². The molecule has 2 aromatic rings. The molecule has 1 N–H and O–H groups in total. The number of thioether (sulfide) groups is 1. The van der Waals surface area contributed by atoms with Crippen LogP contribution >= 0.6 is 39.3 Å². The van der Waals surface area contributed by atoms with Crippen molar-refractivity contribution in [1.29, 1.82) is 0 Å². The third-order valence-corrected chi connectivity index (χ3v) is 11.9. The molecule has 0 aromatic heterocycles. The molecule has 2 bridgehead atoms. The van der Waals surface area contributed by atoms with Gasteiger partial charge in [-0.2, -0.15) is 0 Å². The zero-order valence-electron chi connectivity index (χ0n) is 23.9. The van der Waals surface area contributed by atoms with E-state index in [0.29, 0.717) is 35.2 Å². The Bertz CT molecular complexity index is 1410. The molecule has 228 valence electrons. The van der Waals surface area contributed by atoms with Crippen LogP contribution in [-0.4, -0.2) is 81.4 Å². The van der Waals surface area contributed by atoms with Crippen LogP contribution < -0.4 is 14.5 Å². The minimum atomic E-state index is -0.903. The molecule has 5 rings (SSSR count). The van der Waals surface area contributed by atoms with Gasteiger partial charge in [0, 0.05) is 35.4 Å². The summed E-state index contributed by atoms with van der Waals surface area (Å²) in [6.45, 7) is 10.2. The van der Waals surface area contributed by atoms with E-state index in [1.54, 1.807) is 58.0 Å². The molecule has 1 spiro atoms. The maximum Gasteiger partial charge on any atom is 0.251 e. The van der Waals surface area contributed by atoms with Crippen molar-refractivity contribution < 1.29 is 24.2 Å². The standard InChI is InChI=1S/C32H35BrClN3O5S/c1-4-15-35(20-11-13-21(14-12-20)42-6-3)29(39)25-26-30(40)37(17-18-38)28(32(26)19-22(33)27(25)43-32)31(41)36(16-5-2)24-10-8-7-9-23(24)34/h4-5,7-14,22,25-28,38H,1-2,6,15-19H2,3H3/t22?,25-,26+,27-,28?,32?/m1/s1. The summed E-state index contributed by atoms with van der Waals surface area (Å²) in [5.41, 5.74) is 1.18. The summed E-state index contributed by atoms with van der Waals surface area (Å²) in [5.74, 6) is -1.53. The lowest BCUT2D eigenvalue weighted by Crippen LogP contribution is -2.56. The molecular formula is C32H35BrClN3O5S. The summed E-state index contributed by atoms with van der Waals surface area (Å²) in [5, 5.41) is 10.2. The zero-order valence-corrected chi connectivity index (χ0v) is 27.1. The van der Waals surface area contributed by atoms with E-state index in [4.69, 9.17) is 16.3 Å². The maximum atomic E-state index is 14.6. The number of para-hydroxylation sites is 1. The normalized spacial score (nSPS) is 27.1. The van der Waals surface area contributed by atoms with Crippen molar-refractivity contribution in [2.24, 2.45) is 11.8 Å². The number of benzene rings is 2. The van der Waals surface area contributed by atoms with E-state index in [9.17, 15) is 19.5 Å². The second-order valence-electron chi connectivity index (χ2n) is 10.8. The first-order valence-electron chi connectivity index (χ1n) is 14.3. The lowest BCUT2D eigenvalue weighted by Gasteiger charge is -2.38. The lowest BCUT2D eigenvalue weighted by atomic mass is 9.70. The van der Waals surface area contributed by atoms with E-state index in [2.05, 4.69) is 29.1 Å². The first-order valence-corrected chi connectivity index (χ1v) is 16.5. The fourth-order valence-electron chi connectivity index (χ4n) is 6.81. The Labute approximate surface area is 269 Å². The second-order valence-corrected chi connectivity index (χ2v) is 13.9. The molecule has 8 nitrogen and oxygen atoms in total. The van der Waals surface area contributed by atoms with Gasteiger partial charge in [0.15, 0.2) is 0 Å². The fraction of sp³-hybridized carbons (Fsp3) is 0.406. The molecule has 3 unspecified atom stereocenters. The quantitative estimate of drug-likeness (QED) is 0.251. The Morgan fingerprint density at radius 1 is 1.14 bits per heavy atom. The van der Waals surface area contributed by atoms with Gasteiger partial charge in [-0.25, -0.2) is 0 Å². The highest BCUT2D eigenvalue weighted by Gasteiger charge is 2.76. The first kappa shape index (κ1) is 31.6. The summed E-state index contributed by atoms with van der Waals surface area (Å²) in [7, 11) is 0. The number of aliphatic hydroxyl groups excluding tert-OH is 1. The van der Waals surface area contributed by atoms with Crippen LogP contribution in [0.1, 0.15) is 13.3 Å². The van der Waals surface area contributed by atoms with Gasteiger partial charge >= 0.3 is 0 Å². The molecule has 0 aliphatic carbocycles. The topological polar surface area (TPSA) is 90.4 Å². The molecular weight excluding hydrogens is 654 g/mol. The Hall–Kier alpha value is -2.79. The highest BCUT2D eigenvalue weighted by atomic mass is 79.9. The molecule has 2 aromatic carbocycles. The summed E-state index contributed by atoms with van der Waals surface area (Å²) in [6.07, 6.45) is 3.80. The highest BCUT2D eigenvalue weighted by molar-refractivity contribution is 9.09. The number of likely N-dealkylation sites (tertiary alicyclic amines) is 1. The van der Waals surface area contributed by atoms with Gasteiger partial charge < -0.3 is 24.5 Å². The number of anilines is 2. The van der Waals surface area contributed by atoms with Crippen LogP contribution in [0.25, 0.3) is 0 Å². The van der Waals surface area contributed by atoms with Gasteiger partial charge in [0.05, 0.1) is 40.5 Å². The monoisotopic (exact) mass is 687 g/mol. The van der Waals surface area contributed by atoms with Gasteiger partial charge in [0.1, 0.15) is 11.8 Å². The Balaban J connectivity index is 1.55. The van der Waals surface area contributed by atoms with E-state index in [1.165, 1.54) is 4.90 Å².